The van der Waals surface area contributed by atoms with Crippen molar-refractivity contribution < 1.29 is 8.42 Å². The van der Waals surface area contributed by atoms with Gasteiger partial charge in [-0.2, -0.15) is 0 Å². The number of aromatic nitrogens is 2. The molecule has 148 valence electrons. The van der Waals surface area contributed by atoms with E-state index in [0.717, 1.165) is 26.7 Å². The second-order valence-electron chi connectivity index (χ2n) is 6.01. The number of nitrogens with one attached hydrogen (secondary N) is 2. The van der Waals surface area contributed by atoms with Crippen LogP contribution in [0, 0.1) is 0 Å². The molecule has 1 aromatic heterocycles. The van der Waals surface area contributed by atoms with E-state index in [1.54, 1.807) is 6.07 Å². The van der Waals surface area contributed by atoms with E-state index in [1.807, 2.05) is 60.7 Å². The molecule has 0 bridgehead atoms. The van der Waals surface area contributed by atoms with Crippen LogP contribution in [0.2, 0.25) is 0 Å². The van der Waals surface area contributed by atoms with Crippen LogP contribution in [0.5, 0.6) is 0 Å². The maximum atomic E-state index is 12.3. The smallest absolute Gasteiger partial charge is 0.306 e. The summed E-state index contributed by atoms with van der Waals surface area (Å²) in [5.74, 6) is 0. The highest BCUT2D eigenvalue weighted by molar-refractivity contribution is 9.10. The van der Waals surface area contributed by atoms with E-state index in [1.165, 1.54) is 0 Å². The SMILES string of the molecule is N[SH](=O)=O.O=c1[nH]c(=O)c2cc(-c3ccc(Br)cc3)cc(-c3ccccc3)c2[nH]1. The number of rotatable bonds is 2. The number of thiol groups is 1. The van der Waals surface area contributed by atoms with Gasteiger partial charge in [-0.3, -0.25) is 9.78 Å². The largest absolute Gasteiger partial charge is 0.326 e. The van der Waals surface area contributed by atoms with E-state index < -0.39 is 22.1 Å². The number of aromatic amines is 2. The molecule has 0 aliphatic rings. The Hall–Kier alpha value is -3.01. The lowest BCUT2D eigenvalue weighted by atomic mass is 9.96. The fourth-order valence-corrected chi connectivity index (χ4v) is 3.19. The van der Waals surface area contributed by atoms with Crippen LogP contribution >= 0.6 is 15.9 Å². The molecule has 0 saturated heterocycles. The molecule has 1 heterocycles. The van der Waals surface area contributed by atoms with Crippen molar-refractivity contribution in [3.63, 3.8) is 0 Å². The first kappa shape index (κ1) is 20.7. The molecule has 0 spiro atoms. The van der Waals surface area contributed by atoms with Crippen molar-refractivity contribution in [1.82, 2.24) is 9.97 Å². The molecule has 7 nitrogen and oxygen atoms in total. The van der Waals surface area contributed by atoms with E-state index in [2.05, 4.69) is 31.0 Å². The van der Waals surface area contributed by atoms with Gasteiger partial charge in [0.2, 0.25) is 0 Å². The first-order valence-corrected chi connectivity index (χ1v) is 10.4. The van der Waals surface area contributed by atoms with Crippen LogP contribution in [0.4, 0.5) is 0 Å². The monoisotopic (exact) mass is 473 g/mol. The molecule has 0 atom stereocenters. The van der Waals surface area contributed by atoms with Crippen LogP contribution in [-0.2, 0) is 10.9 Å². The van der Waals surface area contributed by atoms with Crippen molar-refractivity contribution in [2.24, 2.45) is 5.14 Å². The van der Waals surface area contributed by atoms with Crippen LogP contribution in [0.1, 0.15) is 0 Å². The summed E-state index contributed by atoms with van der Waals surface area (Å²) in [5, 5.41) is 4.52. The lowest BCUT2D eigenvalue weighted by molar-refractivity contribution is 0.616. The Morgan fingerprint density at radius 3 is 2.03 bits per heavy atom. The van der Waals surface area contributed by atoms with Crippen molar-refractivity contribution >= 4 is 37.7 Å². The Bertz CT molecular complexity index is 1340. The molecule has 0 fully saturated rings. The van der Waals surface area contributed by atoms with Crippen LogP contribution < -0.4 is 16.4 Å². The third-order valence-corrected chi connectivity index (χ3v) is 4.64. The minimum atomic E-state index is -2.62. The van der Waals surface area contributed by atoms with Gasteiger partial charge in [0, 0.05) is 10.0 Å². The zero-order valence-corrected chi connectivity index (χ0v) is 17.4. The molecule has 0 unspecified atom stereocenters. The first-order chi connectivity index (χ1) is 13.8. The predicted octanol–water partition coefficient (Wildman–Crippen LogP) is 2.78. The molecule has 9 heteroatoms. The molecule has 4 N–H and O–H groups in total. The highest BCUT2D eigenvalue weighted by atomic mass is 79.9. The van der Waals surface area contributed by atoms with Gasteiger partial charge in [0.05, 0.1) is 10.9 Å². The van der Waals surface area contributed by atoms with E-state index in [9.17, 15) is 9.59 Å². The van der Waals surface area contributed by atoms with Gasteiger partial charge in [0.1, 0.15) is 0 Å². The number of benzene rings is 3. The minimum Gasteiger partial charge on any atom is -0.306 e. The number of halogens is 1. The van der Waals surface area contributed by atoms with Crippen LogP contribution in [-0.4, -0.2) is 18.4 Å². The summed E-state index contributed by atoms with van der Waals surface area (Å²) in [6.07, 6.45) is 0. The summed E-state index contributed by atoms with van der Waals surface area (Å²) < 4.78 is 18.6. The van der Waals surface area contributed by atoms with Crippen molar-refractivity contribution in [3.05, 3.63) is 92.0 Å². The fraction of sp³-hybridized carbons (Fsp3) is 0. The molecular formula is C20H16BrN3O4S. The Labute approximate surface area is 175 Å². The van der Waals surface area contributed by atoms with E-state index in [0.29, 0.717) is 10.9 Å². The Morgan fingerprint density at radius 1 is 0.793 bits per heavy atom. The highest BCUT2D eigenvalue weighted by Crippen LogP contribution is 2.32. The zero-order chi connectivity index (χ0) is 21.0. The molecular weight excluding hydrogens is 458 g/mol. The second-order valence-corrected chi connectivity index (χ2v) is 7.50. The molecule has 4 aromatic rings. The summed E-state index contributed by atoms with van der Waals surface area (Å²) in [5.41, 5.74) is 3.30. The van der Waals surface area contributed by atoms with Crippen molar-refractivity contribution in [1.29, 1.82) is 0 Å². The topological polar surface area (TPSA) is 126 Å². The fourth-order valence-electron chi connectivity index (χ4n) is 2.93. The predicted molar refractivity (Wildman–Crippen MR) is 118 cm³/mol. The van der Waals surface area contributed by atoms with Gasteiger partial charge < -0.3 is 4.98 Å². The summed E-state index contributed by atoms with van der Waals surface area (Å²) >= 11 is 3.43. The lowest BCUT2D eigenvalue weighted by Crippen LogP contribution is -2.22. The van der Waals surface area contributed by atoms with Crippen LogP contribution in [0.25, 0.3) is 33.2 Å². The quantitative estimate of drug-likeness (QED) is 0.334. The van der Waals surface area contributed by atoms with Gasteiger partial charge in [-0.25, -0.2) is 18.4 Å². The lowest BCUT2D eigenvalue weighted by Gasteiger charge is -2.10. The van der Waals surface area contributed by atoms with Gasteiger partial charge >= 0.3 is 5.69 Å². The normalized spacial score (nSPS) is 10.6. The number of nitrogens with two attached hydrogens (primary N) is 1. The average molecular weight is 474 g/mol. The van der Waals surface area contributed by atoms with Crippen molar-refractivity contribution in [2.75, 3.05) is 0 Å². The molecule has 0 amide bonds. The molecule has 0 aliphatic carbocycles. The Kier molecular flexibility index (Phi) is 6.42. The van der Waals surface area contributed by atoms with Gasteiger partial charge in [0.15, 0.2) is 10.9 Å². The maximum Gasteiger partial charge on any atom is 0.326 e. The number of hydrogen-bond donors (Lipinski definition) is 4. The van der Waals surface area contributed by atoms with Gasteiger partial charge in [-0.1, -0.05) is 58.4 Å². The van der Waals surface area contributed by atoms with E-state index in [-0.39, 0.29) is 0 Å². The Morgan fingerprint density at radius 2 is 1.41 bits per heavy atom. The van der Waals surface area contributed by atoms with Gasteiger partial charge in [0.25, 0.3) is 5.56 Å². The van der Waals surface area contributed by atoms with Gasteiger partial charge in [-0.15, -0.1) is 0 Å². The molecule has 4 rings (SSSR count). The van der Waals surface area contributed by atoms with E-state index in [4.69, 9.17) is 8.42 Å². The average Bonchev–Trinajstić information content (AvgIpc) is 2.68. The highest BCUT2D eigenvalue weighted by Gasteiger charge is 2.11. The summed E-state index contributed by atoms with van der Waals surface area (Å²) in [4.78, 5) is 29.2. The third-order valence-electron chi connectivity index (χ3n) is 4.11. The Balaban J connectivity index is 0.000000552. The summed E-state index contributed by atoms with van der Waals surface area (Å²) in [6.45, 7) is 0. The number of hydrogen-bond acceptors (Lipinski definition) is 4. The minimum absolute atomic E-state index is 0.394. The first-order valence-electron chi connectivity index (χ1n) is 8.36. The van der Waals surface area contributed by atoms with Crippen molar-refractivity contribution in [3.8, 4) is 22.3 Å². The van der Waals surface area contributed by atoms with Crippen molar-refractivity contribution in [2.45, 2.75) is 0 Å². The molecule has 0 radical (unpaired) electrons. The molecule has 3 aromatic carbocycles. The third kappa shape index (κ3) is 5.08. The summed E-state index contributed by atoms with van der Waals surface area (Å²) in [7, 11) is -2.62. The summed E-state index contributed by atoms with van der Waals surface area (Å²) in [6, 6.07) is 21.4. The second kappa shape index (κ2) is 8.99. The number of fused-ring (bicyclic) bond motifs is 1. The molecule has 29 heavy (non-hydrogen) atoms. The van der Waals surface area contributed by atoms with Crippen LogP contribution in [0.3, 0.4) is 0 Å². The molecule has 0 aliphatic heterocycles. The molecule has 0 saturated carbocycles. The maximum absolute atomic E-state index is 12.3. The number of H-pyrrole nitrogens is 2. The standard InChI is InChI=1S/C20H13BrN2O2.H3NO2S/c21-15-8-6-12(7-9-15)14-10-16(13-4-2-1-3-5-13)18-17(11-14)19(24)23-20(25)22-18;1-4(2)3/h1-11H,(H2,22,23,24,25);4H,(H2,1,2,3). The zero-order valence-electron chi connectivity index (χ0n) is 14.9. The van der Waals surface area contributed by atoms with E-state index >= 15 is 0 Å². The van der Waals surface area contributed by atoms with Crippen LogP contribution in [0.15, 0.2) is 80.8 Å². The van der Waals surface area contributed by atoms with Gasteiger partial charge in [-0.05, 0) is 41.0 Å².